The van der Waals surface area contributed by atoms with Crippen molar-refractivity contribution in [1.29, 1.82) is 0 Å². The molecule has 118 heavy (non-hydrogen) atoms. The van der Waals surface area contributed by atoms with Crippen LogP contribution in [0.15, 0.2) is 256 Å². The number of hydrogen-bond acceptors (Lipinski definition) is 34. The molecule has 0 bridgehead atoms. The number of hydrogen-bond donors (Lipinski definition) is 0. The van der Waals surface area contributed by atoms with Crippen LogP contribution in [-0.2, 0) is 75.3 Å². The topological polar surface area (TPSA) is 631 Å². The first-order chi connectivity index (χ1) is 55.2. The molecule has 0 fully saturated rings. The quantitative estimate of drug-likeness (QED) is 0.140. The summed E-state index contributed by atoms with van der Waals surface area (Å²) in [5.74, 6) is 8.68. The van der Waals surface area contributed by atoms with Crippen molar-refractivity contribution in [3.8, 4) is 69.9 Å². The number of benzene rings is 6. The standard InChI is InChI=1S/6C12H10N4.4ClHO4.2Ni/c6*1-16-10-6-3-2-5-9(10)15-12(16)11-13-7-4-8-14-11;4*2-1(3,4)5;;/h6*2-8H,1H3;4*(H,2,3,4,5);;/q;;;;;;;;;;2*+2/p-4. The molecule has 0 spiro atoms. The van der Waals surface area contributed by atoms with Gasteiger partial charge in [-0.1, -0.05) is 72.8 Å². The van der Waals surface area contributed by atoms with Crippen LogP contribution in [0.3, 0.4) is 0 Å². The molecule has 46 heteroatoms. The van der Waals surface area contributed by atoms with Crippen LogP contribution in [0.25, 0.3) is 136 Å². The van der Waals surface area contributed by atoms with E-state index in [0.29, 0.717) is 34.9 Å². The van der Waals surface area contributed by atoms with Crippen LogP contribution >= 0.6 is 0 Å². The zero-order valence-electron chi connectivity index (χ0n) is 61.7. The fraction of sp³-hybridized carbons (Fsp3) is 0.0833. The Bertz CT molecular complexity index is 5140. The van der Waals surface area contributed by atoms with E-state index in [1.54, 1.807) is 111 Å². The number of imidazole rings is 6. The van der Waals surface area contributed by atoms with E-state index in [1.165, 1.54) is 0 Å². The number of aryl methyl sites for hydroxylation is 6. The van der Waals surface area contributed by atoms with Crippen LogP contribution in [0.2, 0.25) is 0 Å². The molecule has 0 N–H and O–H groups in total. The van der Waals surface area contributed by atoms with Crippen molar-refractivity contribution < 1.29 is 148 Å². The van der Waals surface area contributed by atoms with Crippen LogP contribution in [0, 0.1) is 41.0 Å². The summed E-state index contributed by atoms with van der Waals surface area (Å²) in [5.41, 5.74) is 12.3. The van der Waals surface area contributed by atoms with Gasteiger partial charge < -0.3 is 27.4 Å². The summed E-state index contributed by atoms with van der Waals surface area (Å²) >= 11 is 0. The Morgan fingerprint density at radius 2 is 0.280 bits per heavy atom. The van der Waals surface area contributed by atoms with Crippen molar-refractivity contribution in [3.05, 3.63) is 256 Å². The summed E-state index contributed by atoms with van der Waals surface area (Å²) in [5, 5.41) is 0. The van der Waals surface area contributed by atoms with Gasteiger partial charge in [0.05, 0.1) is 66.2 Å². The molecule has 18 rings (SSSR count). The predicted molar refractivity (Wildman–Crippen MR) is 370 cm³/mol. The van der Waals surface area contributed by atoms with E-state index in [0.717, 1.165) is 101 Å². The van der Waals surface area contributed by atoms with Gasteiger partial charge in [0.25, 0.3) is 0 Å². The van der Waals surface area contributed by atoms with Gasteiger partial charge in [-0.05, 0) is 109 Å². The van der Waals surface area contributed by atoms with E-state index in [4.69, 9.17) is 74.5 Å². The molecule has 0 saturated heterocycles. The summed E-state index contributed by atoms with van der Waals surface area (Å²) in [4.78, 5) is 77.7. The van der Waals surface area contributed by atoms with E-state index in [9.17, 15) is 0 Å². The normalized spacial score (nSPS) is 10.8. The van der Waals surface area contributed by atoms with Crippen molar-refractivity contribution in [2.24, 2.45) is 42.3 Å². The molecule has 0 atom stereocenters. The fourth-order valence-corrected chi connectivity index (χ4v) is 10.6. The van der Waals surface area contributed by atoms with Gasteiger partial charge in [-0.3, -0.25) is 0 Å². The number of halogens is 4. The number of aromatic nitrogens is 24. The molecular formula is C72H60Cl4N24Ni2O16. The Morgan fingerprint density at radius 1 is 0.178 bits per heavy atom. The Kier molecular flexibility index (Phi) is 34.3. The molecule has 12 aromatic heterocycles. The molecular weight excluding hydrogens is 1720 g/mol. The van der Waals surface area contributed by atoms with E-state index >= 15 is 0 Å². The van der Waals surface area contributed by atoms with Gasteiger partial charge in [-0.15, -0.1) is 41.0 Å². The van der Waals surface area contributed by atoms with Gasteiger partial charge in [0, 0.05) is 117 Å². The molecule has 0 radical (unpaired) electrons. The zero-order valence-corrected chi connectivity index (χ0v) is 66.7. The Balaban J connectivity index is 0.000000186. The largest absolute Gasteiger partial charge is 2.00 e. The first-order valence-corrected chi connectivity index (χ1v) is 37.7. The second-order valence-electron chi connectivity index (χ2n) is 22.8. The molecule has 0 unspecified atom stereocenters. The van der Waals surface area contributed by atoms with E-state index in [-0.39, 0.29) is 33.0 Å². The molecule has 0 aliphatic rings. The second-order valence-corrected chi connectivity index (χ2v) is 25.9. The maximum atomic E-state index is 8.49. The van der Waals surface area contributed by atoms with Crippen molar-refractivity contribution >= 4 is 66.2 Å². The molecule has 612 valence electrons. The minimum atomic E-state index is -4.94. The second kappa shape index (κ2) is 43.4. The maximum absolute atomic E-state index is 8.49. The Labute approximate surface area is 696 Å². The van der Waals surface area contributed by atoms with Crippen LogP contribution in [0.1, 0.15) is 0 Å². The monoisotopic (exact) mass is 1770 g/mol. The average Bonchev–Trinajstić information content (AvgIpc) is 1.69. The smallest absolute Gasteiger partial charge is 0.324 e. The first kappa shape index (κ1) is 93.3. The zero-order chi connectivity index (χ0) is 83.7. The Hall–Kier alpha value is -11.9. The Morgan fingerprint density at radius 3 is 0.381 bits per heavy atom. The third-order valence-electron chi connectivity index (χ3n) is 15.3. The summed E-state index contributed by atoms with van der Waals surface area (Å²) in [6.45, 7) is 0. The van der Waals surface area contributed by atoms with Crippen LogP contribution in [0.4, 0.5) is 0 Å². The van der Waals surface area contributed by atoms with Crippen molar-refractivity contribution in [1.82, 2.24) is 117 Å². The summed E-state index contributed by atoms with van der Waals surface area (Å²) in [6.07, 6.45) is 20.7. The molecule has 0 aliphatic carbocycles. The molecule has 0 saturated carbocycles. The van der Waals surface area contributed by atoms with Gasteiger partial charge >= 0.3 is 33.0 Å². The third-order valence-corrected chi connectivity index (χ3v) is 15.3. The maximum Gasteiger partial charge on any atom is 2.00 e. The fourth-order valence-electron chi connectivity index (χ4n) is 10.6. The molecule has 0 aliphatic heterocycles. The van der Waals surface area contributed by atoms with Gasteiger partial charge in [0.1, 0.15) is 0 Å². The molecule has 12 heterocycles. The van der Waals surface area contributed by atoms with Gasteiger partial charge in [0.15, 0.2) is 69.9 Å². The number of fused-ring (bicyclic) bond motifs is 6. The van der Waals surface area contributed by atoms with Crippen molar-refractivity contribution in [2.75, 3.05) is 0 Å². The minimum Gasteiger partial charge on any atom is -0.324 e. The summed E-state index contributed by atoms with van der Waals surface area (Å²) < 4.78 is 148. The number of para-hydroxylation sites is 12. The van der Waals surface area contributed by atoms with Crippen LogP contribution in [-0.4, -0.2) is 117 Å². The third kappa shape index (κ3) is 28.2. The van der Waals surface area contributed by atoms with E-state index in [1.807, 2.05) is 215 Å². The molecule has 40 nitrogen and oxygen atoms in total. The summed E-state index contributed by atoms with van der Waals surface area (Å²) in [6, 6.07) is 58.8. The van der Waals surface area contributed by atoms with Crippen molar-refractivity contribution in [3.63, 3.8) is 0 Å². The van der Waals surface area contributed by atoms with Gasteiger partial charge in [-0.2, -0.15) is 0 Å². The minimum absolute atomic E-state index is 0. The average molecular weight is 1780 g/mol. The van der Waals surface area contributed by atoms with Gasteiger partial charge in [-0.25, -0.2) is 164 Å². The number of rotatable bonds is 6. The number of nitrogens with zero attached hydrogens (tertiary/aromatic N) is 24. The van der Waals surface area contributed by atoms with Gasteiger partial charge in [0.2, 0.25) is 0 Å². The SMILES string of the molecule is Cn1c(-c2ncccn2)nc2ccccc21.Cn1c(-c2ncccn2)nc2ccccc21.Cn1c(-c2ncccn2)nc2ccccc21.Cn1c(-c2ncccn2)nc2ccccc21.Cn1c(-c2ncccn2)nc2ccccc21.Cn1c(-c2ncccn2)nc2ccccc21.[Ni+2].[Ni+2].[O-][Cl+3]([O-])([O-])[O-].[O-][Cl+3]([O-])([O-])[O-].[O-][Cl+3]([O-])([O-])[O-].[O-][Cl+3]([O-])([O-])[O-]. The first-order valence-electron chi connectivity index (χ1n) is 32.8. The summed E-state index contributed by atoms with van der Waals surface area (Å²) in [7, 11) is -7.94. The van der Waals surface area contributed by atoms with E-state index in [2.05, 4.69) is 89.7 Å². The van der Waals surface area contributed by atoms with Crippen molar-refractivity contribution in [2.45, 2.75) is 0 Å². The molecule has 6 aromatic carbocycles. The van der Waals surface area contributed by atoms with E-state index < -0.39 is 41.0 Å². The molecule has 18 aromatic rings. The van der Waals surface area contributed by atoms with Crippen LogP contribution in [0.5, 0.6) is 0 Å². The predicted octanol–water partition coefficient (Wildman–Crippen LogP) is -6.85. The van der Waals surface area contributed by atoms with Crippen LogP contribution < -0.4 is 74.5 Å². The molecule has 0 amide bonds.